The third kappa shape index (κ3) is 8.17. The molecule has 0 aliphatic rings. The van der Waals surface area contributed by atoms with Crippen molar-refractivity contribution < 1.29 is 10.2 Å². The minimum absolute atomic E-state index is 0. The van der Waals surface area contributed by atoms with Crippen molar-refractivity contribution in [2.75, 3.05) is 33.4 Å². The molecule has 0 unspecified atom stereocenters. The summed E-state index contributed by atoms with van der Waals surface area (Å²) in [7, 11) is 1.85. The molecular weight excluding hydrogens is 142 g/mol. The van der Waals surface area contributed by atoms with Gasteiger partial charge in [0.15, 0.2) is 0 Å². The Morgan fingerprint density at radius 3 is 1.67 bits per heavy atom. The number of halogens is 1. The van der Waals surface area contributed by atoms with Crippen molar-refractivity contribution >= 4 is 12.4 Å². The van der Waals surface area contributed by atoms with Gasteiger partial charge >= 0.3 is 0 Å². The molecule has 9 heavy (non-hydrogen) atoms. The predicted octanol–water partition coefficient (Wildman–Crippen LogP) is -0.675. The molecule has 0 aliphatic carbocycles. The first kappa shape index (κ1) is 11.9. The van der Waals surface area contributed by atoms with Crippen molar-refractivity contribution in [3.05, 3.63) is 0 Å². The maximum absolute atomic E-state index is 8.34. The van der Waals surface area contributed by atoms with Crippen LogP contribution >= 0.6 is 12.4 Å². The highest BCUT2D eigenvalue weighted by Gasteiger charge is 1.91. The van der Waals surface area contributed by atoms with Crippen LogP contribution in [0.5, 0.6) is 0 Å². The second kappa shape index (κ2) is 8.17. The molecule has 0 radical (unpaired) electrons. The average molecular weight is 156 g/mol. The van der Waals surface area contributed by atoms with E-state index in [1.807, 2.05) is 11.9 Å². The molecule has 0 atom stereocenters. The molecule has 3 nitrogen and oxygen atoms in total. The Hall–Kier alpha value is 0.170. The first-order valence-electron chi connectivity index (χ1n) is 2.71. The minimum Gasteiger partial charge on any atom is -0.395 e. The Bertz CT molecular complexity index is 48.2. The molecule has 0 spiro atoms. The Labute approximate surface area is 61.7 Å². The third-order valence-electron chi connectivity index (χ3n) is 0.963. The van der Waals surface area contributed by atoms with E-state index in [0.29, 0.717) is 13.1 Å². The smallest absolute Gasteiger partial charge is 0.0558 e. The fourth-order valence-electron chi connectivity index (χ4n) is 0.453. The number of rotatable bonds is 4. The van der Waals surface area contributed by atoms with Crippen molar-refractivity contribution in [1.82, 2.24) is 4.90 Å². The van der Waals surface area contributed by atoms with Crippen molar-refractivity contribution in [1.29, 1.82) is 0 Å². The van der Waals surface area contributed by atoms with Gasteiger partial charge in [0.1, 0.15) is 0 Å². The van der Waals surface area contributed by atoms with Gasteiger partial charge in [0, 0.05) is 13.1 Å². The zero-order valence-electron chi connectivity index (χ0n) is 5.58. The van der Waals surface area contributed by atoms with Gasteiger partial charge in [0.2, 0.25) is 0 Å². The summed E-state index contributed by atoms with van der Waals surface area (Å²) in [6.07, 6.45) is 0. The van der Waals surface area contributed by atoms with E-state index in [-0.39, 0.29) is 25.6 Å². The summed E-state index contributed by atoms with van der Waals surface area (Å²) in [6, 6.07) is 0. The SMILES string of the molecule is CN(CCO)CCO.Cl. The summed E-state index contributed by atoms with van der Waals surface area (Å²) < 4.78 is 0. The molecule has 0 aliphatic heterocycles. The van der Waals surface area contributed by atoms with E-state index in [1.165, 1.54) is 0 Å². The van der Waals surface area contributed by atoms with Crippen LogP contribution in [-0.2, 0) is 0 Å². The number of likely N-dealkylation sites (N-methyl/N-ethyl adjacent to an activating group) is 1. The quantitative estimate of drug-likeness (QED) is 0.566. The molecule has 0 rings (SSSR count). The fourth-order valence-corrected chi connectivity index (χ4v) is 0.453. The zero-order valence-corrected chi connectivity index (χ0v) is 6.39. The monoisotopic (exact) mass is 155 g/mol. The van der Waals surface area contributed by atoms with Gasteiger partial charge in [0.25, 0.3) is 0 Å². The molecule has 0 aromatic carbocycles. The van der Waals surface area contributed by atoms with Crippen LogP contribution in [0.1, 0.15) is 0 Å². The van der Waals surface area contributed by atoms with E-state index < -0.39 is 0 Å². The van der Waals surface area contributed by atoms with Crippen LogP contribution < -0.4 is 0 Å². The van der Waals surface area contributed by atoms with Gasteiger partial charge in [-0.25, -0.2) is 0 Å². The Balaban J connectivity index is 0. The molecule has 0 fully saturated rings. The van der Waals surface area contributed by atoms with Crippen LogP contribution in [0.3, 0.4) is 0 Å². The van der Waals surface area contributed by atoms with Gasteiger partial charge in [-0.2, -0.15) is 0 Å². The van der Waals surface area contributed by atoms with Gasteiger partial charge in [-0.15, -0.1) is 12.4 Å². The van der Waals surface area contributed by atoms with Crippen LogP contribution in [0.4, 0.5) is 0 Å². The molecule has 0 amide bonds. The number of aliphatic hydroxyl groups excluding tert-OH is 2. The van der Waals surface area contributed by atoms with E-state index >= 15 is 0 Å². The van der Waals surface area contributed by atoms with E-state index in [1.54, 1.807) is 0 Å². The largest absolute Gasteiger partial charge is 0.395 e. The number of hydrogen-bond donors (Lipinski definition) is 2. The van der Waals surface area contributed by atoms with Gasteiger partial charge in [-0.3, -0.25) is 0 Å². The highest BCUT2D eigenvalue weighted by atomic mass is 35.5. The summed E-state index contributed by atoms with van der Waals surface area (Å²) >= 11 is 0. The molecule has 0 saturated heterocycles. The highest BCUT2D eigenvalue weighted by molar-refractivity contribution is 5.85. The summed E-state index contributed by atoms with van der Waals surface area (Å²) in [4.78, 5) is 1.86. The van der Waals surface area contributed by atoms with Crippen molar-refractivity contribution in [2.24, 2.45) is 0 Å². The molecule has 0 bridgehead atoms. The van der Waals surface area contributed by atoms with Gasteiger partial charge in [-0.05, 0) is 7.05 Å². The topological polar surface area (TPSA) is 43.7 Å². The van der Waals surface area contributed by atoms with Gasteiger partial charge in [0.05, 0.1) is 13.2 Å². The summed E-state index contributed by atoms with van der Waals surface area (Å²) in [5.74, 6) is 0. The lowest BCUT2D eigenvalue weighted by molar-refractivity contribution is 0.184. The van der Waals surface area contributed by atoms with Crippen LogP contribution in [0.2, 0.25) is 0 Å². The second-order valence-electron chi connectivity index (χ2n) is 1.75. The second-order valence-corrected chi connectivity index (χ2v) is 1.75. The lowest BCUT2D eigenvalue weighted by Gasteiger charge is -2.11. The molecule has 0 heterocycles. The minimum atomic E-state index is 0. The molecule has 0 aromatic heterocycles. The van der Waals surface area contributed by atoms with Gasteiger partial charge in [-0.1, -0.05) is 0 Å². The maximum atomic E-state index is 8.34. The molecule has 0 saturated carbocycles. The fraction of sp³-hybridized carbons (Fsp3) is 1.00. The van der Waals surface area contributed by atoms with Gasteiger partial charge < -0.3 is 15.1 Å². The zero-order chi connectivity index (χ0) is 6.41. The maximum Gasteiger partial charge on any atom is 0.0558 e. The standard InChI is InChI=1S/C5H13NO2.ClH/c1-6(2-4-7)3-5-8;/h7-8H,2-5H2,1H3;1H. The Morgan fingerprint density at radius 2 is 1.44 bits per heavy atom. The van der Waals surface area contributed by atoms with Crippen molar-refractivity contribution in [3.8, 4) is 0 Å². The molecule has 0 aromatic rings. The molecule has 4 heteroatoms. The first-order valence-corrected chi connectivity index (χ1v) is 2.71. The van der Waals surface area contributed by atoms with E-state index in [4.69, 9.17) is 10.2 Å². The van der Waals surface area contributed by atoms with Crippen molar-refractivity contribution in [2.45, 2.75) is 0 Å². The van der Waals surface area contributed by atoms with E-state index in [9.17, 15) is 0 Å². The average Bonchev–Trinajstić information content (AvgIpc) is 1.68. The van der Waals surface area contributed by atoms with Crippen molar-refractivity contribution in [3.63, 3.8) is 0 Å². The molecule has 58 valence electrons. The Morgan fingerprint density at radius 1 is 1.11 bits per heavy atom. The van der Waals surface area contributed by atoms with E-state index in [0.717, 1.165) is 0 Å². The number of hydrogen-bond acceptors (Lipinski definition) is 3. The summed E-state index contributed by atoms with van der Waals surface area (Å²) in [6.45, 7) is 1.61. The van der Waals surface area contributed by atoms with Crippen LogP contribution in [0, 0.1) is 0 Å². The van der Waals surface area contributed by atoms with Crippen LogP contribution in [0.15, 0.2) is 0 Å². The Kier molecular flexibility index (Phi) is 10.8. The molecule has 2 N–H and O–H groups in total. The number of nitrogens with zero attached hydrogens (tertiary/aromatic N) is 1. The van der Waals surface area contributed by atoms with Crippen LogP contribution in [0.25, 0.3) is 0 Å². The molecular formula is C5H14ClNO2. The van der Waals surface area contributed by atoms with Crippen LogP contribution in [-0.4, -0.2) is 48.5 Å². The highest BCUT2D eigenvalue weighted by Crippen LogP contribution is 1.76. The summed E-state index contributed by atoms with van der Waals surface area (Å²) in [5.41, 5.74) is 0. The third-order valence-corrected chi connectivity index (χ3v) is 0.963. The summed E-state index contributed by atoms with van der Waals surface area (Å²) in [5, 5.41) is 16.7. The first-order chi connectivity index (χ1) is 3.81. The predicted molar refractivity (Wildman–Crippen MR) is 38.9 cm³/mol. The van der Waals surface area contributed by atoms with E-state index in [2.05, 4.69) is 0 Å². The lowest BCUT2D eigenvalue weighted by Crippen LogP contribution is -2.25. The normalized spacial score (nSPS) is 9.33. The number of aliphatic hydroxyl groups is 2. The lowest BCUT2D eigenvalue weighted by atomic mass is 10.5.